The summed E-state index contributed by atoms with van der Waals surface area (Å²) in [6.45, 7) is 5.30. The Kier molecular flexibility index (Phi) is 6.06. The number of aromatic nitrogens is 2. The average molecular weight is 332 g/mol. The molecule has 1 N–H and O–H groups in total. The van der Waals surface area contributed by atoms with Crippen molar-refractivity contribution in [1.29, 1.82) is 0 Å². The van der Waals surface area contributed by atoms with Gasteiger partial charge in [0.15, 0.2) is 11.5 Å². The van der Waals surface area contributed by atoms with Gasteiger partial charge >= 0.3 is 0 Å². The third-order valence-electron chi connectivity index (χ3n) is 3.94. The van der Waals surface area contributed by atoms with Gasteiger partial charge in [0, 0.05) is 37.6 Å². The molecule has 1 fully saturated rings. The van der Waals surface area contributed by atoms with E-state index in [1.165, 1.54) is 0 Å². The summed E-state index contributed by atoms with van der Waals surface area (Å²) < 4.78 is 18.8. The Morgan fingerprint density at radius 1 is 1.29 bits per heavy atom. The third-order valence-corrected chi connectivity index (χ3v) is 3.94. The summed E-state index contributed by atoms with van der Waals surface area (Å²) in [5, 5.41) is 2.18. The zero-order chi connectivity index (χ0) is 16.6. The average Bonchev–Trinajstić information content (AvgIpc) is 3.15. The van der Waals surface area contributed by atoms with Gasteiger partial charge in [0.25, 0.3) is 0 Å². The lowest BCUT2D eigenvalue weighted by molar-refractivity contribution is 0.0104. The van der Waals surface area contributed by atoms with Crippen molar-refractivity contribution in [1.82, 2.24) is 20.0 Å². The second-order valence-electron chi connectivity index (χ2n) is 5.53. The standard InChI is InChI=1S/C17H24N4O3/c1-22-16-4-2-3-15(13-19-21-8-10-23-11-9-21)17(16)24-12-7-20-6-5-18-14-20/h2-6,14,19H,7-13H2,1H3. The molecule has 0 atom stereocenters. The molecule has 0 saturated carbocycles. The largest absolute Gasteiger partial charge is 0.493 e. The number of hydrogen-bond donors (Lipinski definition) is 1. The van der Waals surface area contributed by atoms with Crippen molar-refractivity contribution in [2.24, 2.45) is 0 Å². The minimum atomic E-state index is 0.557. The molecule has 7 nitrogen and oxygen atoms in total. The van der Waals surface area contributed by atoms with Crippen molar-refractivity contribution in [3.05, 3.63) is 42.5 Å². The summed E-state index contributed by atoms with van der Waals surface area (Å²) in [4.78, 5) is 4.04. The Labute approximate surface area is 142 Å². The number of imidazole rings is 1. The molecule has 1 aliphatic heterocycles. The van der Waals surface area contributed by atoms with Gasteiger partial charge in [-0.05, 0) is 6.07 Å². The molecular formula is C17H24N4O3. The van der Waals surface area contributed by atoms with Gasteiger partial charge in [-0.2, -0.15) is 0 Å². The van der Waals surface area contributed by atoms with Gasteiger partial charge < -0.3 is 18.8 Å². The predicted molar refractivity (Wildman–Crippen MR) is 89.9 cm³/mol. The van der Waals surface area contributed by atoms with Gasteiger partial charge in [0.05, 0.1) is 33.2 Å². The van der Waals surface area contributed by atoms with E-state index in [4.69, 9.17) is 14.2 Å². The minimum Gasteiger partial charge on any atom is -0.493 e. The minimum absolute atomic E-state index is 0.557. The van der Waals surface area contributed by atoms with Gasteiger partial charge in [-0.1, -0.05) is 12.1 Å². The molecule has 24 heavy (non-hydrogen) atoms. The SMILES string of the molecule is COc1cccc(CNN2CCOCC2)c1OCCn1ccnc1. The van der Waals surface area contributed by atoms with Crippen molar-refractivity contribution >= 4 is 0 Å². The number of hydrogen-bond acceptors (Lipinski definition) is 6. The highest BCUT2D eigenvalue weighted by Gasteiger charge is 2.14. The second kappa shape index (κ2) is 8.68. The predicted octanol–water partition coefficient (Wildman–Crippen LogP) is 1.31. The maximum Gasteiger partial charge on any atom is 0.165 e. The molecule has 0 bridgehead atoms. The van der Waals surface area contributed by atoms with E-state index in [-0.39, 0.29) is 0 Å². The molecule has 7 heteroatoms. The molecule has 1 aromatic heterocycles. The highest BCUT2D eigenvalue weighted by molar-refractivity contribution is 5.46. The van der Waals surface area contributed by atoms with Crippen LogP contribution in [0.3, 0.4) is 0 Å². The van der Waals surface area contributed by atoms with Gasteiger partial charge in [0.2, 0.25) is 0 Å². The maximum absolute atomic E-state index is 6.02. The van der Waals surface area contributed by atoms with Crippen LogP contribution in [0.5, 0.6) is 11.5 Å². The molecule has 3 rings (SSSR count). The zero-order valence-electron chi connectivity index (χ0n) is 14.0. The van der Waals surface area contributed by atoms with Crippen molar-refractivity contribution in [3.63, 3.8) is 0 Å². The number of rotatable bonds is 8. The molecule has 1 aromatic carbocycles. The zero-order valence-corrected chi connectivity index (χ0v) is 14.0. The van der Waals surface area contributed by atoms with Crippen LogP contribution < -0.4 is 14.9 Å². The fourth-order valence-electron chi connectivity index (χ4n) is 2.62. The lowest BCUT2D eigenvalue weighted by atomic mass is 10.2. The van der Waals surface area contributed by atoms with E-state index in [0.29, 0.717) is 13.2 Å². The number of benzene rings is 1. The molecule has 0 spiro atoms. The number of nitrogens with one attached hydrogen (secondary N) is 1. The fourth-order valence-corrected chi connectivity index (χ4v) is 2.62. The smallest absolute Gasteiger partial charge is 0.165 e. The molecule has 0 unspecified atom stereocenters. The fraction of sp³-hybridized carbons (Fsp3) is 0.471. The molecule has 0 aliphatic carbocycles. The van der Waals surface area contributed by atoms with E-state index >= 15 is 0 Å². The van der Waals surface area contributed by atoms with E-state index in [2.05, 4.69) is 21.5 Å². The van der Waals surface area contributed by atoms with Crippen molar-refractivity contribution < 1.29 is 14.2 Å². The highest BCUT2D eigenvalue weighted by atomic mass is 16.5. The highest BCUT2D eigenvalue weighted by Crippen LogP contribution is 2.31. The number of morpholine rings is 1. The molecule has 1 aliphatic rings. The van der Waals surface area contributed by atoms with Crippen LogP contribution in [0.4, 0.5) is 0 Å². The Balaban J connectivity index is 1.61. The van der Waals surface area contributed by atoms with Gasteiger partial charge in [-0.3, -0.25) is 5.43 Å². The van der Waals surface area contributed by atoms with Crippen LogP contribution in [0.1, 0.15) is 5.56 Å². The topological polar surface area (TPSA) is 60.8 Å². The van der Waals surface area contributed by atoms with Crippen molar-refractivity contribution in [2.75, 3.05) is 40.0 Å². The lowest BCUT2D eigenvalue weighted by Crippen LogP contribution is -2.45. The summed E-state index contributed by atoms with van der Waals surface area (Å²) in [6, 6.07) is 5.96. The van der Waals surface area contributed by atoms with Crippen molar-refractivity contribution in [2.45, 2.75) is 13.1 Å². The molecule has 130 valence electrons. The van der Waals surface area contributed by atoms with Gasteiger partial charge in [0.1, 0.15) is 6.61 Å². The molecule has 2 heterocycles. The monoisotopic (exact) mass is 332 g/mol. The molecule has 1 saturated heterocycles. The Morgan fingerprint density at radius 2 is 2.17 bits per heavy atom. The molecule has 0 radical (unpaired) electrons. The normalized spacial score (nSPS) is 15.4. The first-order valence-electron chi connectivity index (χ1n) is 8.17. The second-order valence-corrected chi connectivity index (χ2v) is 5.53. The molecule has 0 amide bonds. The number of methoxy groups -OCH3 is 1. The third kappa shape index (κ3) is 4.47. The summed E-state index contributed by atoms with van der Waals surface area (Å²) in [6.07, 6.45) is 5.47. The van der Waals surface area contributed by atoms with E-state index in [0.717, 1.165) is 49.9 Å². The first-order valence-corrected chi connectivity index (χ1v) is 8.17. The lowest BCUT2D eigenvalue weighted by Gasteiger charge is -2.27. The number of nitrogens with zero attached hydrogens (tertiary/aromatic N) is 3. The van der Waals surface area contributed by atoms with Crippen LogP contribution >= 0.6 is 0 Å². The summed E-state index contributed by atoms with van der Waals surface area (Å²) in [5.74, 6) is 1.54. The van der Waals surface area contributed by atoms with Crippen molar-refractivity contribution in [3.8, 4) is 11.5 Å². The Morgan fingerprint density at radius 3 is 2.92 bits per heavy atom. The van der Waals surface area contributed by atoms with Crippen LogP contribution in [-0.4, -0.2) is 54.6 Å². The number of ether oxygens (including phenoxy) is 3. The van der Waals surface area contributed by atoms with Gasteiger partial charge in [-0.25, -0.2) is 9.99 Å². The summed E-state index contributed by atoms with van der Waals surface area (Å²) in [5.41, 5.74) is 4.51. The quantitative estimate of drug-likeness (QED) is 0.786. The molecule has 2 aromatic rings. The number of hydrazine groups is 1. The summed E-state index contributed by atoms with van der Waals surface area (Å²) >= 11 is 0. The Hall–Kier alpha value is -2.09. The van der Waals surface area contributed by atoms with Crippen LogP contribution in [0.25, 0.3) is 0 Å². The maximum atomic E-state index is 6.02. The first-order chi connectivity index (χ1) is 11.9. The van der Waals surface area contributed by atoms with Crippen LogP contribution in [0, 0.1) is 0 Å². The molecular weight excluding hydrogens is 308 g/mol. The van der Waals surface area contributed by atoms with E-state index in [1.807, 2.05) is 22.9 Å². The van der Waals surface area contributed by atoms with Crippen LogP contribution in [-0.2, 0) is 17.8 Å². The Bertz CT molecular complexity index is 612. The summed E-state index contributed by atoms with van der Waals surface area (Å²) in [7, 11) is 1.66. The van der Waals surface area contributed by atoms with E-state index in [9.17, 15) is 0 Å². The van der Waals surface area contributed by atoms with Gasteiger partial charge in [-0.15, -0.1) is 0 Å². The number of para-hydroxylation sites is 1. The van der Waals surface area contributed by atoms with E-state index < -0.39 is 0 Å². The van der Waals surface area contributed by atoms with Crippen LogP contribution in [0.15, 0.2) is 36.9 Å². The first kappa shape index (κ1) is 16.8. The van der Waals surface area contributed by atoms with E-state index in [1.54, 1.807) is 19.6 Å². The van der Waals surface area contributed by atoms with Crippen LogP contribution in [0.2, 0.25) is 0 Å².